The second kappa shape index (κ2) is 8.00. The number of sulfonamides is 1. The van der Waals surface area contributed by atoms with Gasteiger partial charge in [-0.3, -0.25) is 4.72 Å². The Morgan fingerprint density at radius 2 is 1.97 bits per heavy atom. The van der Waals surface area contributed by atoms with Crippen LogP contribution in [0.1, 0.15) is 24.2 Å². The fraction of sp³-hybridized carbons (Fsp3) is 0.316. The van der Waals surface area contributed by atoms with Gasteiger partial charge < -0.3 is 4.74 Å². The number of anilines is 1. The van der Waals surface area contributed by atoms with E-state index in [0.717, 1.165) is 12.1 Å². The van der Waals surface area contributed by atoms with Crippen LogP contribution >= 0.6 is 11.6 Å². The van der Waals surface area contributed by atoms with Crippen LogP contribution in [0.5, 0.6) is 5.75 Å². The van der Waals surface area contributed by atoms with Gasteiger partial charge in [0.2, 0.25) is 0 Å². The largest absolute Gasteiger partial charge is 0.483 e. The molecule has 1 aliphatic rings. The predicted octanol–water partition coefficient (Wildman–Crippen LogP) is 3.42. The highest BCUT2D eigenvalue weighted by Gasteiger charge is 2.24. The van der Waals surface area contributed by atoms with Crippen LogP contribution in [-0.2, 0) is 23.2 Å². The summed E-state index contributed by atoms with van der Waals surface area (Å²) in [6.07, 6.45) is 2.37. The number of rotatable bonds is 8. The number of aryl methyl sites for hydroxylation is 1. The summed E-state index contributed by atoms with van der Waals surface area (Å²) in [5.74, 6) is 1.54. The lowest BCUT2D eigenvalue weighted by Gasteiger charge is -2.14. The van der Waals surface area contributed by atoms with Crippen LogP contribution in [-0.4, -0.2) is 28.6 Å². The molecule has 1 aliphatic carbocycles. The van der Waals surface area contributed by atoms with E-state index < -0.39 is 10.0 Å². The van der Waals surface area contributed by atoms with Crippen LogP contribution in [0.2, 0.25) is 5.02 Å². The number of nitrogens with zero attached hydrogens (tertiary/aromatic N) is 4. The third-order valence-corrected chi connectivity index (χ3v) is 6.22. The molecule has 8 nitrogen and oxygen atoms in total. The number of hydrogen-bond donors (Lipinski definition) is 1. The molecule has 29 heavy (non-hydrogen) atoms. The highest BCUT2D eigenvalue weighted by molar-refractivity contribution is 7.92. The number of halogens is 1. The Morgan fingerprint density at radius 3 is 2.69 bits per heavy atom. The van der Waals surface area contributed by atoms with Gasteiger partial charge in [0, 0.05) is 11.6 Å². The second-order valence-electron chi connectivity index (χ2n) is 7.07. The van der Waals surface area contributed by atoms with Crippen molar-refractivity contribution < 1.29 is 13.2 Å². The van der Waals surface area contributed by atoms with Crippen molar-refractivity contribution in [1.82, 2.24) is 20.2 Å². The van der Waals surface area contributed by atoms with Crippen molar-refractivity contribution in [1.29, 1.82) is 0 Å². The number of aromatic nitrogens is 4. The van der Waals surface area contributed by atoms with Gasteiger partial charge in [0.15, 0.2) is 5.82 Å². The molecule has 1 fully saturated rings. The average molecular weight is 434 g/mol. The molecule has 1 aromatic heterocycles. The molecule has 152 valence electrons. The topological polar surface area (TPSA) is 99.0 Å². The number of hydrogen-bond acceptors (Lipinski definition) is 6. The Labute approximate surface area is 173 Å². The average Bonchev–Trinajstić information content (AvgIpc) is 3.38. The number of nitrogens with one attached hydrogen (secondary N) is 1. The van der Waals surface area contributed by atoms with E-state index in [0.29, 0.717) is 22.5 Å². The second-order valence-corrected chi connectivity index (χ2v) is 9.19. The van der Waals surface area contributed by atoms with Crippen LogP contribution in [0, 0.1) is 12.8 Å². The summed E-state index contributed by atoms with van der Waals surface area (Å²) in [5.41, 5.74) is 1.22. The van der Waals surface area contributed by atoms with E-state index in [1.165, 1.54) is 18.9 Å². The Balaban J connectivity index is 1.53. The fourth-order valence-corrected chi connectivity index (χ4v) is 4.02. The zero-order valence-electron chi connectivity index (χ0n) is 15.7. The molecule has 0 amide bonds. The maximum atomic E-state index is 12.7. The van der Waals surface area contributed by atoms with E-state index in [2.05, 4.69) is 20.2 Å². The van der Waals surface area contributed by atoms with E-state index in [4.69, 9.17) is 16.3 Å². The van der Waals surface area contributed by atoms with Crippen molar-refractivity contribution in [3.8, 4) is 5.75 Å². The maximum Gasteiger partial charge on any atom is 0.262 e. The normalized spacial score (nSPS) is 14.0. The molecule has 0 aliphatic heterocycles. The minimum Gasteiger partial charge on any atom is -0.483 e. The molecule has 4 rings (SSSR count). The van der Waals surface area contributed by atoms with Crippen LogP contribution < -0.4 is 9.46 Å². The van der Waals surface area contributed by atoms with Gasteiger partial charge in [-0.05, 0) is 66.4 Å². The molecule has 1 heterocycles. The van der Waals surface area contributed by atoms with Crippen LogP contribution in [0.4, 0.5) is 5.69 Å². The lowest BCUT2D eigenvalue weighted by molar-refractivity contribution is 0.286. The summed E-state index contributed by atoms with van der Waals surface area (Å²) >= 11 is 6.07. The zero-order valence-corrected chi connectivity index (χ0v) is 17.3. The molecule has 3 aromatic rings. The van der Waals surface area contributed by atoms with Gasteiger partial charge in [-0.2, -0.15) is 0 Å². The van der Waals surface area contributed by atoms with Gasteiger partial charge in [-0.25, -0.2) is 13.1 Å². The summed E-state index contributed by atoms with van der Waals surface area (Å²) in [5, 5.41) is 12.1. The Morgan fingerprint density at radius 1 is 1.21 bits per heavy atom. The molecule has 0 unspecified atom stereocenters. The van der Waals surface area contributed by atoms with Crippen molar-refractivity contribution >= 4 is 27.3 Å². The lowest BCUT2D eigenvalue weighted by Crippen LogP contribution is -2.14. The van der Waals surface area contributed by atoms with Gasteiger partial charge in [0.05, 0.1) is 10.6 Å². The third-order valence-electron chi connectivity index (χ3n) is 4.61. The molecule has 1 saturated carbocycles. The lowest BCUT2D eigenvalue weighted by atomic mass is 10.2. The van der Waals surface area contributed by atoms with Gasteiger partial charge in [0.1, 0.15) is 12.4 Å². The molecular formula is C19H20ClN5O3S. The summed E-state index contributed by atoms with van der Waals surface area (Å²) in [7, 11) is -3.79. The minimum atomic E-state index is -3.79. The van der Waals surface area contributed by atoms with E-state index in [-0.39, 0.29) is 17.2 Å². The van der Waals surface area contributed by atoms with E-state index in [9.17, 15) is 8.42 Å². The van der Waals surface area contributed by atoms with Crippen LogP contribution in [0.3, 0.4) is 0 Å². The molecule has 0 radical (unpaired) electrons. The summed E-state index contributed by atoms with van der Waals surface area (Å²) in [4.78, 5) is 0.155. The SMILES string of the molecule is Cc1ccc(S(=O)(=O)Nc2cc(Cl)ccc2OCc2nnnn2CC2CC2)cc1. The highest BCUT2D eigenvalue weighted by Crippen LogP contribution is 2.32. The van der Waals surface area contributed by atoms with Crippen molar-refractivity contribution in [2.45, 2.75) is 37.8 Å². The summed E-state index contributed by atoms with van der Waals surface area (Å²) in [6.45, 7) is 2.77. The zero-order chi connectivity index (χ0) is 20.4. The third kappa shape index (κ3) is 4.86. The molecule has 10 heteroatoms. The monoisotopic (exact) mass is 433 g/mol. The number of benzene rings is 2. The van der Waals surface area contributed by atoms with Gasteiger partial charge in [-0.15, -0.1) is 5.10 Å². The van der Waals surface area contributed by atoms with Crippen LogP contribution in [0.25, 0.3) is 0 Å². The molecule has 0 spiro atoms. The molecule has 0 bridgehead atoms. The molecule has 0 saturated heterocycles. The Hall–Kier alpha value is -2.65. The summed E-state index contributed by atoms with van der Waals surface area (Å²) in [6, 6.07) is 11.3. The van der Waals surface area contributed by atoms with Crippen molar-refractivity contribution in [3.63, 3.8) is 0 Å². The molecule has 2 aromatic carbocycles. The van der Waals surface area contributed by atoms with Crippen molar-refractivity contribution in [2.24, 2.45) is 5.92 Å². The first-order valence-corrected chi connectivity index (χ1v) is 11.0. The molecule has 0 atom stereocenters. The first-order valence-electron chi connectivity index (χ1n) is 9.17. The standard InChI is InChI=1S/C19H20ClN5O3S/c1-13-2-7-16(8-3-13)29(26,27)22-17-10-15(20)6-9-18(17)28-12-19-21-23-24-25(19)11-14-4-5-14/h2-3,6-10,14,22H,4-5,11-12H2,1H3. The Kier molecular flexibility index (Phi) is 5.42. The summed E-state index contributed by atoms with van der Waals surface area (Å²) < 4.78 is 35.6. The van der Waals surface area contributed by atoms with Gasteiger partial charge >= 0.3 is 0 Å². The number of ether oxygens (including phenoxy) is 1. The van der Waals surface area contributed by atoms with Crippen LogP contribution in [0.15, 0.2) is 47.4 Å². The fourth-order valence-electron chi connectivity index (χ4n) is 2.78. The quantitative estimate of drug-likeness (QED) is 0.584. The van der Waals surface area contributed by atoms with Crippen molar-refractivity contribution in [2.75, 3.05) is 4.72 Å². The molecular weight excluding hydrogens is 414 g/mol. The first-order chi connectivity index (χ1) is 13.9. The smallest absolute Gasteiger partial charge is 0.262 e. The highest BCUT2D eigenvalue weighted by atomic mass is 35.5. The van der Waals surface area contributed by atoms with Crippen molar-refractivity contribution in [3.05, 3.63) is 58.9 Å². The van der Waals surface area contributed by atoms with Gasteiger partial charge in [0.25, 0.3) is 10.0 Å². The van der Waals surface area contributed by atoms with E-state index in [1.54, 1.807) is 41.1 Å². The number of tetrazole rings is 1. The maximum absolute atomic E-state index is 12.7. The van der Waals surface area contributed by atoms with E-state index >= 15 is 0 Å². The first kappa shape index (κ1) is 19.7. The van der Waals surface area contributed by atoms with Gasteiger partial charge in [-0.1, -0.05) is 29.3 Å². The molecule has 1 N–H and O–H groups in total. The predicted molar refractivity (Wildman–Crippen MR) is 108 cm³/mol. The van der Waals surface area contributed by atoms with E-state index in [1.807, 2.05) is 6.92 Å². The minimum absolute atomic E-state index is 0.112. The Bertz CT molecular complexity index is 1110.